The summed E-state index contributed by atoms with van der Waals surface area (Å²) in [5.41, 5.74) is 13.0. The fourth-order valence-electron chi connectivity index (χ4n) is 9.52. The van der Waals surface area contributed by atoms with Crippen LogP contribution in [0.4, 0.5) is 17.1 Å². The number of hydrogen-bond donors (Lipinski definition) is 2. The Balaban J connectivity index is 1.46. The molecule has 0 atom stereocenters. The molecule has 0 bridgehead atoms. The van der Waals surface area contributed by atoms with Gasteiger partial charge in [-0.3, -0.25) is 9.35 Å². The third kappa shape index (κ3) is 11.3. The minimum Gasteiger partial charge on any atom is -0.469 e. The molecule has 1 aliphatic carbocycles. The van der Waals surface area contributed by atoms with E-state index in [1.54, 1.807) is 6.07 Å². The summed E-state index contributed by atoms with van der Waals surface area (Å²) in [6, 6.07) is 20.2. The van der Waals surface area contributed by atoms with Crippen molar-refractivity contribution in [2.24, 2.45) is 0 Å². The molecule has 3 aromatic carbocycles. The topological polar surface area (TPSA) is 98.9 Å². The van der Waals surface area contributed by atoms with Crippen LogP contribution in [0, 0.1) is 6.92 Å². The molecule has 2 aliphatic heterocycles. The molecular formula is C53H74N5O5S+3. The lowest BCUT2D eigenvalue weighted by molar-refractivity contribution is -0.871. The zero-order chi connectivity index (χ0) is 46.8. The Morgan fingerprint density at radius 1 is 0.859 bits per heavy atom. The Labute approximate surface area is 384 Å². The first kappa shape index (κ1) is 48.6. The molecule has 6 rings (SSSR count). The van der Waals surface area contributed by atoms with Crippen LogP contribution in [-0.2, 0) is 36.9 Å². The van der Waals surface area contributed by atoms with E-state index >= 15 is 0 Å². The molecule has 0 spiro atoms. The number of ether oxygens (including phenoxy) is 1. The molecule has 0 aromatic heterocycles. The number of nitrogens with zero attached hydrogens (tertiary/aromatic N) is 4. The van der Waals surface area contributed by atoms with E-state index in [0.29, 0.717) is 12.8 Å². The summed E-state index contributed by atoms with van der Waals surface area (Å²) >= 11 is 0. The van der Waals surface area contributed by atoms with E-state index in [4.69, 9.17) is 4.74 Å². The van der Waals surface area contributed by atoms with Crippen LogP contribution < -0.4 is 10.2 Å². The number of methoxy groups -OCH3 is 1. The van der Waals surface area contributed by atoms with Crippen LogP contribution in [0.15, 0.2) is 112 Å². The Morgan fingerprint density at radius 2 is 1.55 bits per heavy atom. The zero-order valence-electron chi connectivity index (χ0n) is 40.6. The highest BCUT2D eigenvalue weighted by Crippen LogP contribution is 2.48. The summed E-state index contributed by atoms with van der Waals surface area (Å²) < 4.78 is 43.7. The number of allylic oxidation sites excluding steroid dienone is 7. The van der Waals surface area contributed by atoms with Crippen molar-refractivity contribution in [1.82, 2.24) is 0 Å². The summed E-state index contributed by atoms with van der Waals surface area (Å²) in [5.74, 6) is -0.220. The van der Waals surface area contributed by atoms with Crippen molar-refractivity contribution in [1.29, 1.82) is 0 Å². The van der Waals surface area contributed by atoms with Crippen molar-refractivity contribution in [2.45, 2.75) is 95.3 Å². The second-order valence-corrected chi connectivity index (χ2v) is 22.5. The van der Waals surface area contributed by atoms with E-state index < -0.39 is 15.5 Å². The summed E-state index contributed by atoms with van der Waals surface area (Å²) in [7, 11) is 10.4. The lowest BCUT2D eigenvalue weighted by Gasteiger charge is -2.29. The van der Waals surface area contributed by atoms with E-state index in [2.05, 4.69) is 158 Å². The van der Waals surface area contributed by atoms with E-state index in [-0.39, 0.29) is 16.3 Å². The minimum atomic E-state index is -4.38. The predicted octanol–water partition coefficient (Wildman–Crippen LogP) is 9.63. The summed E-state index contributed by atoms with van der Waals surface area (Å²) in [6.45, 7) is 14.9. The average Bonchev–Trinajstić information content (AvgIpc) is 3.55. The zero-order valence-corrected chi connectivity index (χ0v) is 41.5. The lowest BCUT2D eigenvalue weighted by atomic mass is 9.81. The van der Waals surface area contributed by atoms with Crippen LogP contribution in [0.1, 0.15) is 88.5 Å². The van der Waals surface area contributed by atoms with Gasteiger partial charge in [0.1, 0.15) is 0 Å². The maximum Gasteiger partial charge on any atom is 0.305 e. The van der Waals surface area contributed by atoms with E-state index in [1.807, 2.05) is 6.07 Å². The number of rotatable bonds is 17. The largest absolute Gasteiger partial charge is 0.469 e. The van der Waals surface area contributed by atoms with Gasteiger partial charge in [-0.2, -0.15) is 13.0 Å². The SMILES string of the molecule is COC(=O)CCc1ccc(NC2=C(C=CC3=[N+](CCC[N+](C)(C)C)c4ccc(S(=O)(=O)O)cc4C3(C)C)CCCC2=CC=C2N(CCC[N+](C)(C)C)c3ccc(C)cc3C2(C)C)cc1. The smallest absolute Gasteiger partial charge is 0.305 e. The Morgan fingerprint density at radius 3 is 2.20 bits per heavy atom. The Hall–Kier alpha value is -4.81. The van der Waals surface area contributed by atoms with Gasteiger partial charge in [-0.25, -0.2) is 0 Å². The van der Waals surface area contributed by atoms with Gasteiger partial charge in [0, 0.05) is 65.3 Å². The standard InChI is InChI=1S/C53H72N5O5S/c1-38-18-27-46-44(36-38)52(2,3)48(55(46)32-14-34-57(6,7)8)29-22-40-16-13-17-41(51(40)54-42-24-19-39(20-25-42)21-31-50(59)63-12)23-30-49-53(4,5)45-37-43(64(60,61)62)26-28-47(45)56(49)33-15-35-58(9,10)11/h18-20,22-30,36-37H,13-17,21,31-35H2,1-12H3/q+1/p+2. The molecule has 0 saturated carbocycles. The number of esters is 1. The van der Waals surface area contributed by atoms with E-state index in [1.165, 1.54) is 46.8 Å². The van der Waals surface area contributed by atoms with Crippen LogP contribution in [-0.4, -0.2) is 114 Å². The van der Waals surface area contributed by atoms with Gasteiger partial charge in [0.2, 0.25) is 5.69 Å². The second-order valence-electron chi connectivity index (χ2n) is 21.1. The molecule has 344 valence electrons. The first-order valence-corrected chi connectivity index (χ1v) is 24.4. The van der Waals surface area contributed by atoms with Crippen LogP contribution in [0.2, 0.25) is 0 Å². The lowest BCUT2D eigenvalue weighted by Crippen LogP contribution is -2.37. The molecule has 64 heavy (non-hydrogen) atoms. The van der Waals surface area contributed by atoms with E-state index in [0.717, 1.165) is 101 Å². The predicted molar refractivity (Wildman–Crippen MR) is 262 cm³/mol. The van der Waals surface area contributed by atoms with Gasteiger partial charge in [0.25, 0.3) is 10.1 Å². The molecule has 0 fully saturated rings. The third-order valence-electron chi connectivity index (χ3n) is 13.1. The highest BCUT2D eigenvalue weighted by atomic mass is 32.2. The summed E-state index contributed by atoms with van der Waals surface area (Å²) in [4.78, 5) is 14.4. The van der Waals surface area contributed by atoms with Crippen LogP contribution in [0.25, 0.3) is 0 Å². The second kappa shape index (κ2) is 19.0. The maximum absolute atomic E-state index is 12.3. The van der Waals surface area contributed by atoms with Crippen LogP contribution >= 0.6 is 0 Å². The first-order valence-electron chi connectivity index (χ1n) is 22.9. The van der Waals surface area contributed by atoms with Crippen molar-refractivity contribution in [3.05, 3.63) is 130 Å². The molecule has 2 heterocycles. The van der Waals surface area contributed by atoms with Gasteiger partial charge < -0.3 is 23.9 Å². The van der Waals surface area contributed by atoms with Crippen molar-refractivity contribution in [3.63, 3.8) is 0 Å². The normalized spacial score (nSPS) is 18.7. The summed E-state index contributed by atoms with van der Waals surface area (Å²) in [6.07, 6.45) is 15.0. The molecule has 0 saturated heterocycles. The van der Waals surface area contributed by atoms with Crippen molar-refractivity contribution >= 4 is 38.9 Å². The van der Waals surface area contributed by atoms with Gasteiger partial charge in [-0.1, -0.05) is 55.8 Å². The number of aryl methyl sites for hydroxylation is 2. The molecule has 10 nitrogen and oxygen atoms in total. The van der Waals surface area contributed by atoms with Gasteiger partial charge in [0.15, 0.2) is 12.3 Å². The number of hydrogen-bond acceptors (Lipinski definition) is 6. The third-order valence-corrected chi connectivity index (χ3v) is 14.0. The highest BCUT2D eigenvalue weighted by Gasteiger charge is 2.45. The van der Waals surface area contributed by atoms with Gasteiger partial charge in [-0.15, -0.1) is 0 Å². The maximum atomic E-state index is 12.3. The fraction of sp³-hybridized carbons (Fsp3) is 0.472. The first-order chi connectivity index (χ1) is 29.9. The number of fused-ring (bicyclic) bond motifs is 2. The van der Waals surface area contributed by atoms with Gasteiger partial charge in [-0.05, 0) is 105 Å². The van der Waals surface area contributed by atoms with Crippen molar-refractivity contribution in [3.8, 4) is 0 Å². The Kier molecular flexibility index (Phi) is 14.4. The van der Waals surface area contributed by atoms with Crippen molar-refractivity contribution in [2.75, 3.05) is 85.8 Å². The fourth-order valence-corrected chi connectivity index (χ4v) is 10.0. The number of carbonyl (C=O) groups excluding carboxylic acids is 1. The Bertz CT molecular complexity index is 2510. The number of nitrogens with one attached hydrogen (secondary N) is 1. The molecule has 0 unspecified atom stereocenters. The quantitative estimate of drug-likeness (QED) is 0.0603. The average molecular weight is 893 g/mol. The molecule has 3 aromatic rings. The molecular weight excluding hydrogens is 819 g/mol. The number of quaternary nitrogens is 2. The van der Waals surface area contributed by atoms with Crippen LogP contribution in [0.3, 0.4) is 0 Å². The van der Waals surface area contributed by atoms with E-state index in [9.17, 15) is 17.8 Å². The van der Waals surface area contributed by atoms with Crippen molar-refractivity contribution < 1.29 is 36.0 Å². The molecule has 0 radical (unpaired) electrons. The molecule has 11 heteroatoms. The monoisotopic (exact) mass is 893 g/mol. The molecule has 2 N–H and O–H groups in total. The number of anilines is 2. The summed E-state index contributed by atoms with van der Waals surface area (Å²) in [5, 5.41) is 3.87. The van der Waals surface area contributed by atoms with Gasteiger partial charge in [0.05, 0.1) is 79.2 Å². The number of benzene rings is 3. The van der Waals surface area contributed by atoms with Crippen LogP contribution in [0.5, 0.6) is 0 Å². The molecule has 3 aliphatic rings. The molecule has 0 amide bonds. The van der Waals surface area contributed by atoms with Gasteiger partial charge >= 0.3 is 5.97 Å². The number of carbonyl (C=O) groups is 1. The highest BCUT2D eigenvalue weighted by molar-refractivity contribution is 7.85. The minimum absolute atomic E-state index is 0.0897.